The third-order valence-corrected chi connectivity index (χ3v) is 7.48. The number of benzene rings is 2. The topological polar surface area (TPSA) is 103 Å². The lowest BCUT2D eigenvalue weighted by atomic mass is 10.1. The van der Waals surface area contributed by atoms with Crippen molar-refractivity contribution in [2.75, 3.05) is 11.8 Å². The van der Waals surface area contributed by atoms with Crippen molar-refractivity contribution in [1.29, 1.82) is 0 Å². The smallest absolute Gasteiger partial charge is 0.263 e. The van der Waals surface area contributed by atoms with E-state index in [0.29, 0.717) is 10.9 Å². The second kappa shape index (κ2) is 9.51. The van der Waals surface area contributed by atoms with Crippen molar-refractivity contribution in [3.63, 3.8) is 0 Å². The zero-order chi connectivity index (χ0) is 25.3. The molecule has 36 heavy (non-hydrogen) atoms. The molecule has 0 spiro atoms. The van der Waals surface area contributed by atoms with Gasteiger partial charge in [0.2, 0.25) is 0 Å². The quantitative estimate of drug-likeness (QED) is 0.400. The molecule has 184 valence electrons. The van der Waals surface area contributed by atoms with Crippen LogP contribution in [0.25, 0.3) is 16.6 Å². The lowest BCUT2D eigenvalue weighted by Gasteiger charge is -2.15. The van der Waals surface area contributed by atoms with Crippen LogP contribution in [0.3, 0.4) is 0 Å². The maximum absolute atomic E-state index is 15.1. The van der Waals surface area contributed by atoms with Gasteiger partial charge in [-0.3, -0.25) is 14.1 Å². The SMILES string of the molecule is COc1cc(C#CC2CCCC2)c(F)cc1-n1c(=O)ccc2cc(S(=O)(=O)Nc3ccon3)ccc21. The van der Waals surface area contributed by atoms with Gasteiger partial charge in [-0.05, 0) is 37.1 Å². The van der Waals surface area contributed by atoms with Crippen molar-refractivity contribution in [2.24, 2.45) is 5.92 Å². The molecule has 1 N–H and O–H groups in total. The summed E-state index contributed by atoms with van der Waals surface area (Å²) in [6, 6.07) is 11.1. The molecule has 5 rings (SSSR count). The fourth-order valence-electron chi connectivity index (χ4n) is 4.33. The van der Waals surface area contributed by atoms with E-state index in [0.717, 1.165) is 25.7 Å². The standard InChI is InChI=1S/C26H22FN3O5S/c1-34-24-15-18(7-6-17-4-2-3-5-17)21(27)16-23(24)30-22-10-9-20(14-19(22)8-11-26(30)31)36(32,33)29-25-12-13-35-28-25/h8-17H,2-5H2,1H3,(H,28,29). The lowest BCUT2D eigenvalue weighted by Crippen LogP contribution is -2.19. The number of hydrogen-bond donors (Lipinski definition) is 1. The Kier molecular flexibility index (Phi) is 6.24. The highest BCUT2D eigenvalue weighted by atomic mass is 32.2. The molecule has 1 aliphatic rings. The second-order valence-electron chi connectivity index (χ2n) is 8.47. The van der Waals surface area contributed by atoms with Gasteiger partial charge < -0.3 is 9.26 Å². The summed E-state index contributed by atoms with van der Waals surface area (Å²) < 4.78 is 54.4. The van der Waals surface area contributed by atoms with Crippen LogP contribution in [0.2, 0.25) is 0 Å². The molecule has 0 aliphatic heterocycles. The molecule has 0 atom stereocenters. The molecule has 2 aromatic heterocycles. The average molecular weight is 508 g/mol. The molecule has 10 heteroatoms. The molecule has 0 amide bonds. The molecule has 0 unspecified atom stereocenters. The molecule has 0 radical (unpaired) electrons. The lowest BCUT2D eigenvalue weighted by molar-refractivity contribution is 0.411. The van der Waals surface area contributed by atoms with Gasteiger partial charge in [-0.1, -0.05) is 29.8 Å². The van der Waals surface area contributed by atoms with E-state index < -0.39 is 21.4 Å². The first-order chi connectivity index (χ1) is 17.4. The number of aromatic nitrogens is 2. The van der Waals surface area contributed by atoms with E-state index in [1.54, 1.807) is 0 Å². The van der Waals surface area contributed by atoms with Gasteiger partial charge in [0.1, 0.15) is 17.8 Å². The van der Waals surface area contributed by atoms with Gasteiger partial charge in [-0.25, -0.2) is 12.8 Å². The van der Waals surface area contributed by atoms with Gasteiger partial charge in [-0.15, -0.1) is 0 Å². The Labute approximate surface area is 206 Å². The van der Waals surface area contributed by atoms with Crippen molar-refractivity contribution < 1.29 is 22.1 Å². The van der Waals surface area contributed by atoms with Gasteiger partial charge in [0.05, 0.1) is 28.8 Å². The normalized spacial score (nSPS) is 13.9. The number of methoxy groups -OCH3 is 1. The van der Waals surface area contributed by atoms with Crippen molar-refractivity contribution >= 4 is 26.7 Å². The second-order valence-corrected chi connectivity index (χ2v) is 10.2. The van der Waals surface area contributed by atoms with Crippen LogP contribution in [-0.2, 0) is 10.0 Å². The summed E-state index contributed by atoms with van der Waals surface area (Å²) in [5.74, 6) is 6.06. The number of sulfonamides is 1. The van der Waals surface area contributed by atoms with Gasteiger partial charge in [0.25, 0.3) is 15.6 Å². The molecule has 2 heterocycles. The number of halogens is 1. The highest BCUT2D eigenvalue weighted by molar-refractivity contribution is 7.92. The van der Waals surface area contributed by atoms with Crippen LogP contribution >= 0.6 is 0 Å². The molecule has 0 bridgehead atoms. The van der Waals surface area contributed by atoms with Crippen LogP contribution in [0.1, 0.15) is 31.2 Å². The molecule has 0 saturated heterocycles. The summed E-state index contributed by atoms with van der Waals surface area (Å²) in [7, 11) is -2.53. The van der Waals surface area contributed by atoms with Gasteiger partial charge in [-0.2, -0.15) is 0 Å². The summed E-state index contributed by atoms with van der Waals surface area (Å²) in [6.07, 6.45) is 5.54. The largest absolute Gasteiger partial charge is 0.495 e. The molecule has 2 aromatic carbocycles. The number of ether oxygens (including phenoxy) is 1. The number of nitrogens with zero attached hydrogens (tertiary/aromatic N) is 2. The molecule has 1 fully saturated rings. The van der Waals surface area contributed by atoms with Gasteiger partial charge in [0, 0.05) is 35.6 Å². The Bertz CT molecular complexity index is 1660. The van der Waals surface area contributed by atoms with Crippen molar-refractivity contribution in [2.45, 2.75) is 30.6 Å². The minimum Gasteiger partial charge on any atom is -0.495 e. The maximum atomic E-state index is 15.1. The van der Waals surface area contributed by atoms with Gasteiger partial charge in [0.15, 0.2) is 5.82 Å². The Morgan fingerprint density at radius 2 is 1.94 bits per heavy atom. The summed E-state index contributed by atoms with van der Waals surface area (Å²) in [6.45, 7) is 0. The Morgan fingerprint density at radius 3 is 2.67 bits per heavy atom. The van der Waals surface area contributed by atoms with Crippen molar-refractivity contribution in [1.82, 2.24) is 9.72 Å². The van der Waals surface area contributed by atoms with E-state index in [4.69, 9.17) is 4.74 Å². The third kappa shape index (κ3) is 4.57. The molecule has 1 saturated carbocycles. The molecule has 1 aliphatic carbocycles. The van der Waals surface area contributed by atoms with Crippen molar-refractivity contribution in [3.05, 3.63) is 76.5 Å². The number of nitrogens with one attached hydrogen (secondary N) is 1. The van der Waals surface area contributed by atoms with Gasteiger partial charge >= 0.3 is 0 Å². The highest BCUT2D eigenvalue weighted by Gasteiger charge is 2.19. The fraction of sp³-hybridized carbons (Fsp3) is 0.231. The third-order valence-electron chi connectivity index (χ3n) is 6.13. The first kappa shape index (κ1) is 23.6. The highest BCUT2D eigenvalue weighted by Crippen LogP contribution is 2.30. The van der Waals surface area contributed by atoms with E-state index in [1.165, 1.54) is 66.5 Å². The number of anilines is 1. The minimum absolute atomic E-state index is 0.0383. The Morgan fingerprint density at radius 1 is 1.14 bits per heavy atom. The Balaban J connectivity index is 1.58. The molecule has 8 nitrogen and oxygen atoms in total. The van der Waals surface area contributed by atoms with Crippen LogP contribution < -0.4 is 15.0 Å². The summed E-state index contributed by atoms with van der Waals surface area (Å²) >= 11 is 0. The van der Waals surface area contributed by atoms with Crippen LogP contribution in [0.5, 0.6) is 5.75 Å². The first-order valence-corrected chi connectivity index (χ1v) is 12.8. The number of hydrogen-bond acceptors (Lipinski definition) is 6. The Hall–Kier alpha value is -4.10. The van der Waals surface area contributed by atoms with E-state index >= 15 is 4.39 Å². The van der Waals surface area contributed by atoms with Crippen molar-refractivity contribution in [3.8, 4) is 23.3 Å². The summed E-state index contributed by atoms with van der Waals surface area (Å²) in [4.78, 5) is 12.9. The van der Waals surface area contributed by atoms with E-state index in [2.05, 4.69) is 26.2 Å². The molecular formula is C26H22FN3O5S. The van der Waals surface area contributed by atoms with E-state index in [-0.39, 0.29) is 33.6 Å². The summed E-state index contributed by atoms with van der Waals surface area (Å²) in [5.41, 5.74) is 0.336. The fourth-order valence-corrected chi connectivity index (χ4v) is 5.36. The monoisotopic (exact) mass is 507 g/mol. The van der Waals surface area contributed by atoms with Crippen LogP contribution in [0.15, 0.2) is 69.0 Å². The average Bonchev–Trinajstić information content (AvgIpc) is 3.57. The predicted molar refractivity (Wildman–Crippen MR) is 132 cm³/mol. The van der Waals surface area contributed by atoms with Crippen LogP contribution in [0, 0.1) is 23.6 Å². The predicted octanol–water partition coefficient (Wildman–Crippen LogP) is 4.47. The minimum atomic E-state index is -3.96. The number of pyridine rings is 1. The molecular weight excluding hydrogens is 485 g/mol. The van der Waals surface area contributed by atoms with E-state index in [1.807, 2.05) is 0 Å². The number of rotatable bonds is 5. The van der Waals surface area contributed by atoms with Crippen LogP contribution in [0.4, 0.5) is 10.2 Å². The summed E-state index contributed by atoms with van der Waals surface area (Å²) in [5, 5.41) is 4.00. The van der Waals surface area contributed by atoms with E-state index in [9.17, 15) is 13.2 Å². The number of fused-ring (bicyclic) bond motifs is 1. The first-order valence-electron chi connectivity index (χ1n) is 11.3. The molecule has 4 aromatic rings. The maximum Gasteiger partial charge on any atom is 0.263 e. The zero-order valence-electron chi connectivity index (χ0n) is 19.3. The van der Waals surface area contributed by atoms with Crippen LogP contribution in [-0.4, -0.2) is 25.3 Å². The zero-order valence-corrected chi connectivity index (χ0v) is 20.1.